The van der Waals surface area contributed by atoms with Gasteiger partial charge in [0.05, 0.1) is 26.6 Å². The number of hydrogen-bond donors (Lipinski definition) is 2. The third-order valence-electron chi connectivity index (χ3n) is 4.71. The summed E-state index contributed by atoms with van der Waals surface area (Å²) in [6, 6.07) is 12.0. The second-order valence-electron chi connectivity index (χ2n) is 6.38. The van der Waals surface area contributed by atoms with Gasteiger partial charge in [0.25, 0.3) is 0 Å². The van der Waals surface area contributed by atoms with Crippen molar-refractivity contribution < 1.29 is 18.0 Å². The molecule has 1 aliphatic carbocycles. The van der Waals surface area contributed by atoms with E-state index in [4.69, 9.17) is 11.5 Å². The largest absolute Gasteiger partial charge is 0.398 e. The molecule has 0 spiro atoms. The van der Waals surface area contributed by atoms with Crippen LogP contribution in [0.15, 0.2) is 67.3 Å². The lowest BCUT2D eigenvalue weighted by Crippen LogP contribution is -2.26. The third-order valence-corrected chi connectivity index (χ3v) is 7.85. The SMILES string of the molecule is Nc1cc(S(=O)(=O)c2ccccc2)c(N)c2c1C(=O)c1c(Br)ccc(Br)c1C2=O. The first-order valence-corrected chi connectivity index (χ1v) is 11.3. The van der Waals surface area contributed by atoms with Crippen LogP contribution in [0.1, 0.15) is 31.8 Å². The summed E-state index contributed by atoms with van der Waals surface area (Å²) in [6.07, 6.45) is 0. The molecule has 0 aliphatic heterocycles. The molecule has 6 nitrogen and oxygen atoms in total. The predicted octanol–water partition coefficient (Wildman–Crippen LogP) is 3.98. The van der Waals surface area contributed by atoms with Crippen LogP contribution in [0.5, 0.6) is 0 Å². The van der Waals surface area contributed by atoms with Gasteiger partial charge in [-0.3, -0.25) is 9.59 Å². The molecule has 0 saturated heterocycles. The van der Waals surface area contributed by atoms with Crippen LogP contribution in [-0.2, 0) is 9.84 Å². The highest BCUT2D eigenvalue weighted by molar-refractivity contribution is 9.11. The number of carbonyl (C=O) groups excluding carboxylic acids is 2. The van der Waals surface area contributed by atoms with Gasteiger partial charge in [0.1, 0.15) is 0 Å². The Bertz CT molecular complexity index is 1340. The zero-order chi connectivity index (χ0) is 21.1. The lowest BCUT2D eigenvalue weighted by Gasteiger charge is -2.24. The van der Waals surface area contributed by atoms with E-state index < -0.39 is 21.4 Å². The van der Waals surface area contributed by atoms with Crippen LogP contribution in [0.3, 0.4) is 0 Å². The van der Waals surface area contributed by atoms with Crippen molar-refractivity contribution in [3.05, 3.63) is 79.7 Å². The highest BCUT2D eigenvalue weighted by Gasteiger charge is 2.38. The molecule has 3 aromatic carbocycles. The molecule has 0 saturated carbocycles. The molecule has 0 fully saturated rings. The maximum Gasteiger partial charge on any atom is 0.208 e. The number of rotatable bonds is 2. The summed E-state index contributed by atoms with van der Waals surface area (Å²) < 4.78 is 27.0. The Hall–Kier alpha value is -2.49. The smallest absolute Gasteiger partial charge is 0.208 e. The molecule has 4 N–H and O–H groups in total. The van der Waals surface area contributed by atoms with Gasteiger partial charge in [-0.2, -0.15) is 0 Å². The Morgan fingerprint density at radius 2 is 1.24 bits per heavy atom. The van der Waals surface area contributed by atoms with Gasteiger partial charge in [-0.05, 0) is 30.3 Å². The Balaban J connectivity index is 2.05. The number of sulfone groups is 1. The number of anilines is 2. The number of nitrogen functional groups attached to an aromatic ring is 2. The molecule has 1 aliphatic rings. The minimum atomic E-state index is -4.05. The van der Waals surface area contributed by atoms with Crippen molar-refractivity contribution in [2.75, 3.05) is 11.5 Å². The van der Waals surface area contributed by atoms with Gasteiger partial charge in [0, 0.05) is 25.8 Å². The van der Waals surface area contributed by atoms with Crippen molar-refractivity contribution in [3.8, 4) is 0 Å². The second-order valence-corrected chi connectivity index (χ2v) is 10.0. The molecule has 0 atom stereocenters. The van der Waals surface area contributed by atoms with Crippen LogP contribution in [0, 0.1) is 0 Å². The zero-order valence-corrected chi connectivity index (χ0v) is 18.6. The highest BCUT2D eigenvalue weighted by Crippen LogP contribution is 2.42. The number of fused-ring (bicyclic) bond motifs is 2. The quantitative estimate of drug-likeness (QED) is 0.374. The van der Waals surface area contributed by atoms with Crippen molar-refractivity contribution in [1.29, 1.82) is 0 Å². The van der Waals surface area contributed by atoms with E-state index in [2.05, 4.69) is 31.9 Å². The lowest BCUT2D eigenvalue weighted by molar-refractivity contribution is 0.0979. The van der Waals surface area contributed by atoms with Gasteiger partial charge in [-0.1, -0.05) is 50.1 Å². The van der Waals surface area contributed by atoms with E-state index in [1.165, 1.54) is 12.1 Å². The highest BCUT2D eigenvalue weighted by atomic mass is 79.9. The van der Waals surface area contributed by atoms with E-state index in [0.717, 1.165) is 6.07 Å². The molecule has 0 unspecified atom stereocenters. The molecule has 0 radical (unpaired) electrons. The summed E-state index contributed by atoms with van der Waals surface area (Å²) in [5.41, 5.74) is 11.8. The summed E-state index contributed by atoms with van der Waals surface area (Å²) >= 11 is 6.58. The minimum Gasteiger partial charge on any atom is -0.398 e. The van der Waals surface area contributed by atoms with Crippen molar-refractivity contribution in [2.24, 2.45) is 0 Å². The number of benzene rings is 3. The van der Waals surface area contributed by atoms with E-state index >= 15 is 0 Å². The average molecular weight is 536 g/mol. The van der Waals surface area contributed by atoms with Crippen molar-refractivity contribution in [1.82, 2.24) is 0 Å². The minimum absolute atomic E-state index is 0.00459. The molecule has 3 aromatic rings. The molecule has 0 heterocycles. The Labute approximate surface area is 183 Å². The Morgan fingerprint density at radius 1 is 0.724 bits per heavy atom. The average Bonchev–Trinajstić information content (AvgIpc) is 2.69. The zero-order valence-electron chi connectivity index (χ0n) is 14.6. The van der Waals surface area contributed by atoms with Gasteiger partial charge in [0.2, 0.25) is 9.84 Å². The summed E-state index contributed by atoms with van der Waals surface area (Å²) in [7, 11) is -4.05. The first-order chi connectivity index (χ1) is 13.7. The van der Waals surface area contributed by atoms with Crippen molar-refractivity contribution in [3.63, 3.8) is 0 Å². The van der Waals surface area contributed by atoms with Crippen LogP contribution in [0.25, 0.3) is 0 Å². The molecular formula is C20H12Br2N2O4S. The van der Waals surface area contributed by atoms with Gasteiger partial charge in [-0.25, -0.2) is 8.42 Å². The summed E-state index contributed by atoms with van der Waals surface area (Å²) in [5.74, 6) is -1.08. The van der Waals surface area contributed by atoms with E-state index in [1.54, 1.807) is 30.3 Å². The second kappa shape index (κ2) is 6.79. The van der Waals surface area contributed by atoms with Crippen molar-refractivity contribution >= 4 is 64.6 Å². The Morgan fingerprint density at radius 3 is 1.79 bits per heavy atom. The van der Waals surface area contributed by atoms with Gasteiger partial charge < -0.3 is 11.5 Å². The van der Waals surface area contributed by atoms with Crippen molar-refractivity contribution in [2.45, 2.75) is 9.79 Å². The normalized spacial score (nSPS) is 13.2. The molecule has 0 aromatic heterocycles. The summed E-state index contributed by atoms with van der Waals surface area (Å²) in [6.45, 7) is 0. The number of hydrogen-bond acceptors (Lipinski definition) is 6. The number of halogens is 2. The maximum absolute atomic E-state index is 13.3. The van der Waals surface area contributed by atoms with Crippen LogP contribution < -0.4 is 11.5 Å². The first kappa shape index (κ1) is 19.8. The molecule has 146 valence electrons. The predicted molar refractivity (Wildman–Crippen MR) is 116 cm³/mol. The van der Waals surface area contributed by atoms with E-state index in [-0.39, 0.29) is 43.4 Å². The third kappa shape index (κ3) is 2.84. The van der Waals surface area contributed by atoms with E-state index in [9.17, 15) is 18.0 Å². The molecular weight excluding hydrogens is 524 g/mol. The van der Waals surface area contributed by atoms with Gasteiger partial charge in [0.15, 0.2) is 11.6 Å². The topological polar surface area (TPSA) is 120 Å². The van der Waals surface area contributed by atoms with Crippen LogP contribution in [0.4, 0.5) is 11.4 Å². The number of ketones is 2. The van der Waals surface area contributed by atoms with Crippen LogP contribution in [-0.4, -0.2) is 20.0 Å². The maximum atomic E-state index is 13.3. The molecule has 0 bridgehead atoms. The Kier molecular flexibility index (Phi) is 4.64. The molecule has 0 amide bonds. The molecule has 29 heavy (non-hydrogen) atoms. The summed E-state index contributed by atoms with van der Waals surface area (Å²) in [4.78, 5) is 26.1. The summed E-state index contributed by atoms with van der Waals surface area (Å²) in [5, 5.41) is 0. The standard InChI is InChI=1S/C20H12Br2N2O4S/c21-10-6-7-11(22)15-14(10)19(25)16-12(23)8-13(18(24)17(16)20(15)26)29(27,28)9-4-2-1-3-5-9/h1-8H,23-24H2. The first-order valence-electron chi connectivity index (χ1n) is 8.25. The fourth-order valence-electron chi connectivity index (χ4n) is 3.37. The molecule has 9 heteroatoms. The van der Waals surface area contributed by atoms with Gasteiger partial charge in [-0.15, -0.1) is 0 Å². The van der Waals surface area contributed by atoms with Crippen LogP contribution in [0.2, 0.25) is 0 Å². The molecule has 4 rings (SSSR count). The number of nitrogens with two attached hydrogens (primary N) is 2. The van der Waals surface area contributed by atoms with Crippen LogP contribution >= 0.6 is 31.9 Å². The number of carbonyl (C=O) groups is 2. The van der Waals surface area contributed by atoms with Gasteiger partial charge >= 0.3 is 0 Å². The fraction of sp³-hybridized carbons (Fsp3) is 0. The van der Waals surface area contributed by atoms with E-state index in [1.807, 2.05) is 0 Å². The lowest BCUT2D eigenvalue weighted by atomic mass is 9.82. The fourth-order valence-corrected chi connectivity index (χ4v) is 5.83. The monoisotopic (exact) mass is 534 g/mol. The van der Waals surface area contributed by atoms with E-state index in [0.29, 0.717) is 8.95 Å².